The zero-order valence-corrected chi connectivity index (χ0v) is 9.34. The van der Waals surface area contributed by atoms with Crippen LogP contribution in [0.1, 0.15) is 11.3 Å². The Kier molecular flexibility index (Phi) is 2.32. The number of hydrazine groups is 1. The van der Waals surface area contributed by atoms with Crippen LogP contribution < -0.4 is 16.6 Å². The van der Waals surface area contributed by atoms with Gasteiger partial charge in [-0.15, -0.1) is 11.3 Å². The van der Waals surface area contributed by atoms with Crippen LogP contribution in [0.2, 0.25) is 0 Å². The molecule has 2 aromatic heterocycles. The molecule has 3 heterocycles. The third-order valence-corrected chi connectivity index (χ3v) is 3.44. The molecule has 0 saturated carbocycles. The number of aromatic nitrogens is 2. The molecule has 0 atom stereocenters. The van der Waals surface area contributed by atoms with Gasteiger partial charge in [0.25, 0.3) is 0 Å². The van der Waals surface area contributed by atoms with Gasteiger partial charge in [0.15, 0.2) is 0 Å². The fourth-order valence-corrected chi connectivity index (χ4v) is 2.60. The van der Waals surface area contributed by atoms with E-state index in [2.05, 4.69) is 20.8 Å². The van der Waals surface area contributed by atoms with Gasteiger partial charge in [-0.2, -0.15) is 0 Å². The Hall–Kier alpha value is -1.50. The van der Waals surface area contributed by atoms with Crippen molar-refractivity contribution < 1.29 is 0 Å². The Balaban J connectivity index is 2.09. The predicted molar refractivity (Wildman–Crippen MR) is 63.7 cm³/mol. The van der Waals surface area contributed by atoms with E-state index < -0.39 is 0 Å². The molecule has 6 heteroatoms. The quantitative estimate of drug-likeness (QED) is 0.724. The van der Waals surface area contributed by atoms with Crippen LogP contribution in [0.25, 0.3) is 10.6 Å². The van der Waals surface area contributed by atoms with Gasteiger partial charge in [0.05, 0.1) is 5.69 Å². The number of pyridine rings is 1. The third-order valence-electron chi connectivity index (χ3n) is 2.52. The molecule has 1 aliphatic rings. The maximum atomic E-state index is 5.56. The summed E-state index contributed by atoms with van der Waals surface area (Å²) in [7, 11) is 0. The van der Waals surface area contributed by atoms with Crippen LogP contribution in [-0.2, 0) is 13.1 Å². The molecule has 0 aromatic carbocycles. The first-order chi connectivity index (χ1) is 7.88. The maximum absolute atomic E-state index is 5.56. The van der Waals surface area contributed by atoms with E-state index in [1.54, 1.807) is 17.5 Å². The Morgan fingerprint density at radius 1 is 1.50 bits per heavy atom. The van der Waals surface area contributed by atoms with Crippen molar-refractivity contribution in [2.75, 3.05) is 5.43 Å². The summed E-state index contributed by atoms with van der Waals surface area (Å²) in [4.78, 5) is 8.74. The average Bonchev–Trinajstić information content (AvgIpc) is 2.97. The van der Waals surface area contributed by atoms with Crippen LogP contribution in [0.5, 0.6) is 0 Å². The van der Waals surface area contributed by atoms with Gasteiger partial charge in [-0.25, -0.2) is 15.4 Å². The number of thiazole rings is 1. The first-order valence-corrected chi connectivity index (χ1v) is 5.88. The summed E-state index contributed by atoms with van der Waals surface area (Å²) >= 11 is 1.62. The van der Waals surface area contributed by atoms with Gasteiger partial charge in [0.2, 0.25) is 0 Å². The van der Waals surface area contributed by atoms with Crippen molar-refractivity contribution in [2.24, 2.45) is 5.73 Å². The molecule has 0 saturated heterocycles. The molecular formula is C10H11N5S. The van der Waals surface area contributed by atoms with E-state index in [9.17, 15) is 0 Å². The largest absolute Gasteiger partial charge is 0.325 e. The molecule has 0 bridgehead atoms. The Bertz CT molecular complexity index is 522. The molecule has 2 aromatic rings. The van der Waals surface area contributed by atoms with Crippen molar-refractivity contribution in [1.82, 2.24) is 15.4 Å². The highest BCUT2D eigenvalue weighted by Gasteiger charge is 2.17. The van der Waals surface area contributed by atoms with Crippen molar-refractivity contribution in [2.45, 2.75) is 13.1 Å². The highest BCUT2D eigenvalue weighted by Crippen LogP contribution is 2.31. The molecule has 4 N–H and O–H groups in total. The number of nitrogens with one attached hydrogen (secondary N) is 2. The molecule has 0 radical (unpaired) electrons. The van der Waals surface area contributed by atoms with Gasteiger partial charge in [-0.05, 0) is 6.07 Å². The van der Waals surface area contributed by atoms with Crippen LogP contribution in [0.4, 0.5) is 5.82 Å². The van der Waals surface area contributed by atoms with Crippen LogP contribution in [0, 0.1) is 0 Å². The van der Waals surface area contributed by atoms with Gasteiger partial charge < -0.3 is 11.2 Å². The Morgan fingerprint density at radius 2 is 2.44 bits per heavy atom. The zero-order chi connectivity index (χ0) is 11.0. The van der Waals surface area contributed by atoms with Gasteiger partial charge in [-0.1, -0.05) is 0 Å². The van der Waals surface area contributed by atoms with E-state index >= 15 is 0 Å². The smallest absolute Gasteiger partial charge is 0.145 e. The molecule has 5 nitrogen and oxygen atoms in total. The van der Waals surface area contributed by atoms with Crippen molar-refractivity contribution >= 4 is 17.2 Å². The fraction of sp³-hybridized carbons (Fsp3) is 0.200. The summed E-state index contributed by atoms with van der Waals surface area (Å²) in [6.45, 7) is 1.26. The minimum absolute atomic E-state index is 0.486. The molecule has 82 valence electrons. The summed E-state index contributed by atoms with van der Waals surface area (Å²) in [5, 5.41) is 3.00. The Labute approximate surface area is 96.7 Å². The van der Waals surface area contributed by atoms with Crippen molar-refractivity contribution in [3.8, 4) is 10.6 Å². The van der Waals surface area contributed by atoms with Crippen LogP contribution in [0.15, 0.2) is 17.6 Å². The van der Waals surface area contributed by atoms with Gasteiger partial charge in [0, 0.05) is 35.8 Å². The lowest BCUT2D eigenvalue weighted by Crippen LogP contribution is -2.11. The second-order valence-electron chi connectivity index (χ2n) is 3.51. The van der Waals surface area contributed by atoms with Crippen molar-refractivity contribution in [3.05, 3.63) is 28.9 Å². The highest BCUT2D eigenvalue weighted by atomic mass is 32.1. The van der Waals surface area contributed by atoms with Crippen LogP contribution in [-0.4, -0.2) is 9.97 Å². The van der Waals surface area contributed by atoms with E-state index in [1.807, 2.05) is 11.4 Å². The SMILES string of the molecule is NCc1csc(-c2ccnc3c2CNN3)n1. The molecule has 0 fully saturated rings. The zero-order valence-electron chi connectivity index (χ0n) is 8.53. The standard InChI is InChI=1S/C10H11N5S/c11-3-6-5-16-10(14-6)7-1-2-12-9-8(7)4-13-15-9/h1-2,5,13H,3-4,11H2,(H,12,15). The molecule has 0 spiro atoms. The van der Waals surface area contributed by atoms with E-state index in [0.717, 1.165) is 28.6 Å². The summed E-state index contributed by atoms with van der Waals surface area (Å²) < 4.78 is 0. The summed E-state index contributed by atoms with van der Waals surface area (Å²) in [6, 6.07) is 1.99. The molecular weight excluding hydrogens is 222 g/mol. The van der Waals surface area contributed by atoms with Gasteiger partial charge in [0.1, 0.15) is 10.8 Å². The number of anilines is 1. The minimum atomic E-state index is 0.486. The lowest BCUT2D eigenvalue weighted by molar-refractivity contribution is 0.860. The molecule has 16 heavy (non-hydrogen) atoms. The monoisotopic (exact) mass is 233 g/mol. The van der Waals surface area contributed by atoms with Crippen molar-refractivity contribution in [1.29, 1.82) is 0 Å². The minimum Gasteiger partial charge on any atom is -0.325 e. The molecule has 0 unspecified atom stereocenters. The number of hydrogen-bond acceptors (Lipinski definition) is 6. The lowest BCUT2D eigenvalue weighted by atomic mass is 10.1. The molecule has 3 rings (SSSR count). The molecule has 0 amide bonds. The van der Waals surface area contributed by atoms with E-state index in [1.165, 1.54) is 5.56 Å². The number of nitrogens with zero attached hydrogens (tertiary/aromatic N) is 2. The lowest BCUT2D eigenvalue weighted by Gasteiger charge is -2.02. The van der Waals surface area contributed by atoms with E-state index in [-0.39, 0.29) is 0 Å². The number of fused-ring (bicyclic) bond motifs is 1. The Morgan fingerprint density at radius 3 is 3.25 bits per heavy atom. The number of nitrogens with two attached hydrogens (primary N) is 1. The summed E-state index contributed by atoms with van der Waals surface area (Å²) in [5.41, 5.74) is 14.9. The third kappa shape index (κ3) is 1.47. The van der Waals surface area contributed by atoms with Crippen molar-refractivity contribution in [3.63, 3.8) is 0 Å². The fourth-order valence-electron chi connectivity index (χ4n) is 1.72. The van der Waals surface area contributed by atoms with Crippen LogP contribution >= 0.6 is 11.3 Å². The highest BCUT2D eigenvalue weighted by molar-refractivity contribution is 7.13. The molecule has 1 aliphatic heterocycles. The topological polar surface area (TPSA) is 75.9 Å². The number of hydrogen-bond donors (Lipinski definition) is 3. The van der Waals surface area contributed by atoms with Gasteiger partial charge >= 0.3 is 0 Å². The number of rotatable bonds is 2. The molecule has 0 aliphatic carbocycles. The van der Waals surface area contributed by atoms with Crippen LogP contribution in [0.3, 0.4) is 0 Å². The first-order valence-electron chi connectivity index (χ1n) is 5.00. The van der Waals surface area contributed by atoms with Gasteiger partial charge in [-0.3, -0.25) is 0 Å². The summed E-state index contributed by atoms with van der Waals surface area (Å²) in [5.74, 6) is 0.891. The first kappa shape index (κ1) is 9.71. The second-order valence-corrected chi connectivity index (χ2v) is 4.37. The second kappa shape index (κ2) is 3.82. The average molecular weight is 233 g/mol. The normalized spacial score (nSPS) is 13.6. The summed E-state index contributed by atoms with van der Waals surface area (Å²) in [6.07, 6.45) is 1.79. The van der Waals surface area contributed by atoms with E-state index in [4.69, 9.17) is 5.73 Å². The maximum Gasteiger partial charge on any atom is 0.145 e. The predicted octanol–water partition coefficient (Wildman–Crippen LogP) is 1.09. The van der Waals surface area contributed by atoms with E-state index in [0.29, 0.717) is 6.54 Å².